The van der Waals surface area contributed by atoms with Crippen molar-refractivity contribution in [2.24, 2.45) is 17.3 Å². The Morgan fingerprint density at radius 1 is 0.604 bits per heavy atom. The van der Waals surface area contributed by atoms with Crippen LogP contribution in [0.3, 0.4) is 0 Å². The van der Waals surface area contributed by atoms with E-state index in [0.29, 0.717) is 25.8 Å². The Hall–Kier alpha value is -4.58. The van der Waals surface area contributed by atoms with Crippen LogP contribution in [0.5, 0.6) is 0 Å². The molecular weight excluding hydrogens is 672 g/mol. The van der Waals surface area contributed by atoms with Gasteiger partial charge in [0.2, 0.25) is 29.5 Å². The van der Waals surface area contributed by atoms with E-state index in [1.807, 2.05) is 74.5 Å². The summed E-state index contributed by atoms with van der Waals surface area (Å²) in [6.45, 7) is 14.8. The molecule has 0 aliphatic carbocycles. The number of carbonyl (C=O) groups excluding carboxylic acids is 6. The Bertz CT molecular complexity index is 1490. The highest BCUT2D eigenvalue weighted by atomic mass is 16.2. The van der Waals surface area contributed by atoms with Crippen LogP contribution in [0.4, 0.5) is 0 Å². The van der Waals surface area contributed by atoms with E-state index in [1.54, 1.807) is 34.6 Å². The minimum absolute atomic E-state index is 0.0151. The molecular formula is C41H63N6O6+. The number of benzene rings is 2. The van der Waals surface area contributed by atoms with Gasteiger partial charge in [-0.1, -0.05) is 109 Å². The predicted octanol–water partition coefficient (Wildman–Crippen LogP) is 2.65. The van der Waals surface area contributed by atoms with Crippen LogP contribution < -0.4 is 32.3 Å². The van der Waals surface area contributed by atoms with Crippen molar-refractivity contribution in [1.29, 1.82) is 0 Å². The summed E-state index contributed by atoms with van der Waals surface area (Å²) < 4.78 is 0. The predicted molar refractivity (Wildman–Crippen MR) is 206 cm³/mol. The number of unbranched alkanes of at least 4 members (excludes halogenated alkanes) is 1. The number of hydrogen-bond donors (Lipinski definition) is 6. The normalized spacial score (nSPS) is 14.3. The lowest BCUT2D eigenvalue weighted by atomic mass is 9.84. The molecule has 5 atom stereocenters. The van der Waals surface area contributed by atoms with E-state index in [2.05, 4.69) is 32.3 Å². The van der Waals surface area contributed by atoms with Crippen LogP contribution in [0, 0.1) is 17.3 Å². The van der Waals surface area contributed by atoms with E-state index in [4.69, 9.17) is 0 Å². The van der Waals surface area contributed by atoms with E-state index in [-0.39, 0.29) is 30.4 Å². The molecule has 292 valence electrons. The zero-order chi connectivity index (χ0) is 39.7. The fourth-order valence-corrected chi connectivity index (χ4v) is 5.98. The lowest BCUT2D eigenvalue weighted by Crippen LogP contribution is -2.60. The Labute approximate surface area is 315 Å². The van der Waals surface area contributed by atoms with E-state index < -0.39 is 65.2 Å². The highest BCUT2D eigenvalue weighted by Crippen LogP contribution is 2.20. The average molecular weight is 736 g/mol. The maximum atomic E-state index is 14.1. The van der Waals surface area contributed by atoms with Crippen molar-refractivity contribution >= 4 is 35.3 Å². The van der Waals surface area contributed by atoms with E-state index >= 15 is 0 Å². The number of amides is 5. The fraction of sp³-hybridized carbons (Fsp3) is 0.561. The van der Waals surface area contributed by atoms with Gasteiger partial charge in [0.1, 0.15) is 24.2 Å². The molecule has 0 aliphatic heterocycles. The second kappa shape index (κ2) is 21.8. The first-order valence-electron chi connectivity index (χ1n) is 18.8. The van der Waals surface area contributed by atoms with Crippen molar-refractivity contribution < 1.29 is 34.5 Å². The van der Waals surface area contributed by atoms with Crippen molar-refractivity contribution in [3.63, 3.8) is 0 Å². The van der Waals surface area contributed by atoms with Crippen molar-refractivity contribution in [2.45, 2.75) is 124 Å². The molecule has 0 spiro atoms. The summed E-state index contributed by atoms with van der Waals surface area (Å²) in [7, 11) is 0. The number of ketones is 1. The van der Waals surface area contributed by atoms with Crippen LogP contribution in [0.15, 0.2) is 60.7 Å². The third kappa shape index (κ3) is 15.9. The van der Waals surface area contributed by atoms with E-state index in [0.717, 1.165) is 17.5 Å². The fourth-order valence-electron chi connectivity index (χ4n) is 5.98. The van der Waals surface area contributed by atoms with Gasteiger partial charge in [0.25, 0.3) is 0 Å². The largest absolute Gasteiger partial charge is 0.358 e. The lowest BCUT2D eigenvalue weighted by Gasteiger charge is -2.30. The molecule has 12 nitrogen and oxygen atoms in total. The summed E-state index contributed by atoms with van der Waals surface area (Å²) in [6, 6.07) is 13.9. The minimum Gasteiger partial charge on any atom is -0.358 e. The summed E-state index contributed by atoms with van der Waals surface area (Å²) >= 11 is 0. The van der Waals surface area contributed by atoms with Gasteiger partial charge in [-0.3, -0.25) is 28.8 Å². The Morgan fingerprint density at radius 3 is 1.55 bits per heavy atom. The van der Waals surface area contributed by atoms with E-state index in [1.165, 1.54) is 6.92 Å². The van der Waals surface area contributed by atoms with Crippen molar-refractivity contribution in [3.8, 4) is 0 Å². The smallest absolute Gasteiger partial charge is 0.243 e. The van der Waals surface area contributed by atoms with Crippen LogP contribution in [0.25, 0.3) is 0 Å². The van der Waals surface area contributed by atoms with Gasteiger partial charge < -0.3 is 32.3 Å². The van der Waals surface area contributed by atoms with Gasteiger partial charge in [-0.05, 0) is 55.1 Å². The first kappa shape index (κ1) is 44.6. The number of hydrogen-bond acceptors (Lipinski definition) is 6. The Balaban J connectivity index is 2.35. The van der Waals surface area contributed by atoms with Crippen LogP contribution in [0.1, 0.15) is 92.2 Å². The SMILES string of the molecule is CC(=O)NC(CCCC[NH3+])C(=O)NC(CC(C)C)C(=O)NC(C(=O)NC(Cc1ccccc1)C(=O)NC(Cc1ccccc1)C(=O)C(C)(C)C)C(C)C. The molecule has 0 saturated heterocycles. The summed E-state index contributed by atoms with van der Waals surface area (Å²) in [5, 5.41) is 14.1. The molecule has 0 aliphatic rings. The molecule has 0 radical (unpaired) electrons. The molecule has 2 aromatic carbocycles. The number of nitrogens with one attached hydrogen (secondary N) is 5. The molecule has 2 rings (SSSR count). The monoisotopic (exact) mass is 735 g/mol. The molecule has 0 heterocycles. The Morgan fingerprint density at radius 2 is 1.08 bits per heavy atom. The zero-order valence-corrected chi connectivity index (χ0v) is 32.9. The summed E-state index contributed by atoms with van der Waals surface area (Å²) in [4.78, 5) is 80.8. The number of rotatable bonds is 21. The molecule has 0 fully saturated rings. The Kier molecular flexibility index (Phi) is 18.4. The first-order valence-corrected chi connectivity index (χ1v) is 18.8. The zero-order valence-electron chi connectivity index (χ0n) is 32.9. The van der Waals surface area contributed by atoms with Gasteiger partial charge in [0.05, 0.1) is 12.6 Å². The molecule has 0 saturated carbocycles. The standard InChI is InChI=1S/C41H62N6O6/c1-26(2)23-33(45-37(50)31(43-28(5)48)21-15-16-22-42)39(52)47-35(27(3)4)40(53)46-34(25-30-19-13-10-14-20-30)38(51)44-32(36(49)41(6,7)8)24-29-17-11-9-12-18-29/h9-14,17-20,26-27,31-35H,15-16,21-25,42H2,1-8H3,(H,43,48)(H,44,51)(H,45,50)(H,46,53)(H,47,52)/p+1. The maximum Gasteiger partial charge on any atom is 0.243 e. The minimum atomic E-state index is -1.07. The van der Waals surface area contributed by atoms with Crippen LogP contribution in [-0.4, -0.2) is 72.1 Å². The lowest BCUT2D eigenvalue weighted by molar-refractivity contribution is -0.368. The van der Waals surface area contributed by atoms with Crippen LogP contribution >= 0.6 is 0 Å². The van der Waals surface area contributed by atoms with E-state index in [9.17, 15) is 28.8 Å². The van der Waals surface area contributed by atoms with Gasteiger partial charge in [0.15, 0.2) is 5.78 Å². The topological polar surface area (TPSA) is 190 Å². The number of quaternary nitrogens is 1. The molecule has 53 heavy (non-hydrogen) atoms. The van der Waals surface area contributed by atoms with Gasteiger partial charge in [-0.25, -0.2) is 0 Å². The van der Waals surface area contributed by atoms with Gasteiger partial charge in [-0.15, -0.1) is 0 Å². The van der Waals surface area contributed by atoms with Crippen molar-refractivity contribution in [1.82, 2.24) is 26.6 Å². The molecule has 2 aromatic rings. The molecule has 5 unspecified atom stereocenters. The summed E-state index contributed by atoms with van der Waals surface area (Å²) in [5.74, 6) is -3.02. The summed E-state index contributed by atoms with van der Waals surface area (Å²) in [6.07, 6.45) is 2.57. The molecule has 0 bridgehead atoms. The van der Waals surface area contributed by atoms with Crippen molar-refractivity contribution in [2.75, 3.05) is 6.54 Å². The third-order valence-electron chi connectivity index (χ3n) is 8.84. The molecule has 5 amide bonds. The van der Waals surface area contributed by atoms with Crippen LogP contribution in [0.2, 0.25) is 0 Å². The number of Topliss-reactive ketones (excluding diaryl/α,β-unsaturated/α-hetero) is 1. The second-order valence-electron chi connectivity index (χ2n) is 15.6. The van der Waals surface area contributed by atoms with Crippen molar-refractivity contribution in [3.05, 3.63) is 71.8 Å². The van der Waals surface area contributed by atoms with Gasteiger partial charge in [-0.2, -0.15) is 0 Å². The quantitative estimate of drug-likeness (QED) is 0.107. The van der Waals surface area contributed by atoms with Gasteiger partial charge >= 0.3 is 0 Å². The molecule has 8 N–H and O–H groups in total. The molecule has 0 aromatic heterocycles. The highest BCUT2D eigenvalue weighted by Gasteiger charge is 2.36. The van der Waals surface area contributed by atoms with Crippen LogP contribution in [-0.2, 0) is 41.6 Å². The maximum absolute atomic E-state index is 14.1. The molecule has 12 heteroatoms. The first-order chi connectivity index (χ1) is 24.9. The summed E-state index contributed by atoms with van der Waals surface area (Å²) in [5.41, 5.74) is 4.77. The third-order valence-corrected chi connectivity index (χ3v) is 8.84. The number of carbonyl (C=O) groups is 6. The van der Waals surface area contributed by atoms with Gasteiger partial charge in [0, 0.05) is 18.8 Å². The highest BCUT2D eigenvalue weighted by molar-refractivity contribution is 5.97. The second-order valence-corrected chi connectivity index (χ2v) is 15.6. The average Bonchev–Trinajstić information content (AvgIpc) is 3.08.